The molecule has 20 heavy (non-hydrogen) atoms. The van der Waals surface area contributed by atoms with E-state index in [1.54, 1.807) is 24.3 Å². The predicted octanol–water partition coefficient (Wildman–Crippen LogP) is 3.73. The molecule has 0 aliphatic rings. The second kappa shape index (κ2) is 5.05. The summed E-state index contributed by atoms with van der Waals surface area (Å²) in [7, 11) is 0. The van der Waals surface area contributed by atoms with Gasteiger partial charge in [-0.15, -0.1) is 0 Å². The molecule has 0 saturated carbocycles. The first-order valence-corrected chi connectivity index (χ1v) is 6.29. The fourth-order valence-corrected chi connectivity index (χ4v) is 2.05. The zero-order chi connectivity index (χ0) is 13.9. The summed E-state index contributed by atoms with van der Waals surface area (Å²) in [6.07, 6.45) is 0. The van der Waals surface area contributed by atoms with Crippen molar-refractivity contribution in [3.8, 4) is 11.5 Å². The van der Waals surface area contributed by atoms with Crippen LogP contribution in [0.25, 0.3) is 10.8 Å². The van der Waals surface area contributed by atoms with Gasteiger partial charge < -0.3 is 10.5 Å². The van der Waals surface area contributed by atoms with Crippen molar-refractivity contribution < 1.29 is 9.53 Å². The SMILES string of the molecule is NC(=O)c1ccc(Oc2ccc3ccccc3c2)cc1. The minimum absolute atomic E-state index is 0.442. The van der Waals surface area contributed by atoms with E-state index < -0.39 is 5.91 Å². The third kappa shape index (κ3) is 2.47. The summed E-state index contributed by atoms with van der Waals surface area (Å²) in [6, 6.07) is 20.8. The molecular formula is C17H13NO2. The first-order valence-electron chi connectivity index (χ1n) is 6.29. The van der Waals surface area contributed by atoms with Crippen molar-refractivity contribution >= 4 is 16.7 Å². The van der Waals surface area contributed by atoms with Gasteiger partial charge in [0.15, 0.2) is 0 Å². The van der Waals surface area contributed by atoms with Crippen LogP contribution in [-0.2, 0) is 0 Å². The maximum atomic E-state index is 11.0. The lowest BCUT2D eigenvalue weighted by atomic mass is 10.1. The number of ether oxygens (including phenoxy) is 1. The fraction of sp³-hybridized carbons (Fsp3) is 0. The van der Waals surface area contributed by atoms with E-state index in [4.69, 9.17) is 10.5 Å². The molecule has 0 fully saturated rings. The summed E-state index contributed by atoms with van der Waals surface area (Å²) in [5.74, 6) is 0.989. The quantitative estimate of drug-likeness (QED) is 0.782. The molecule has 0 aliphatic heterocycles. The van der Waals surface area contributed by atoms with Crippen molar-refractivity contribution in [2.24, 2.45) is 5.73 Å². The number of rotatable bonds is 3. The number of carbonyl (C=O) groups is 1. The molecule has 2 N–H and O–H groups in total. The zero-order valence-corrected chi connectivity index (χ0v) is 10.7. The molecule has 3 aromatic rings. The number of fused-ring (bicyclic) bond motifs is 1. The molecule has 3 aromatic carbocycles. The lowest BCUT2D eigenvalue weighted by molar-refractivity contribution is 0.100. The minimum Gasteiger partial charge on any atom is -0.457 e. The number of primary amides is 1. The maximum absolute atomic E-state index is 11.0. The van der Waals surface area contributed by atoms with E-state index in [1.165, 1.54) is 5.39 Å². The van der Waals surface area contributed by atoms with E-state index in [0.717, 1.165) is 11.1 Å². The summed E-state index contributed by atoms with van der Waals surface area (Å²) in [6.45, 7) is 0. The van der Waals surface area contributed by atoms with Crippen LogP contribution in [0.3, 0.4) is 0 Å². The normalized spacial score (nSPS) is 10.4. The highest BCUT2D eigenvalue weighted by Crippen LogP contribution is 2.25. The van der Waals surface area contributed by atoms with Gasteiger partial charge in [-0.25, -0.2) is 0 Å². The third-order valence-electron chi connectivity index (χ3n) is 3.10. The Morgan fingerprint density at radius 2 is 1.45 bits per heavy atom. The van der Waals surface area contributed by atoms with E-state index in [9.17, 15) is 4.79 Å². The molecule has 1 amide bonds. The van der Waals surface area contributed by atoms with Crippen LogP contribution in [0.5, 0.6) is 11.5 Å². The summed E-state index contributed by atoms with van der Waals surface area (Å²) < 4.78 is 5.77. The van der Waals surface area contributed by atoms with E-state index in [-0.39, 0.29) is 0 Å². The van der Waals surface area contributed by atoms with Crippen molar-refractivity contribution in [3.05, 3.63) is 72.3 Å². The van der Waals surface area contributed by atoms with Crippen molar-refractivity contribution in [2.45, 2.75) is 0 Å². The van der Waals surface area contributed by atoms with E-state index >= 15 is 0 Å². The first kappa shape index (κ1) is 12.2. The average Bonchev–Trinajstić information content (AvgIpc) is 2.48. The van der Waals surface area contributed by atoms with Gasteiger partial charge in [-0.1, -0.05) is 30.3 Å². The number of hydrogen-bond donors (Lipinski definition) is 1. The smallest absolute Gasteiger partial charge is 0.248 e. The van der Waals surface area contributed by atoms with Crippen LogP contribution in [0.1, 0.15) is 10.4 Å². The lowest BCUT2D eigenvalue weighted by Crippen LogP contribution is -2.10. The topological polar surface area (TPSA) is 52.3 Å². The molecule has 0 unspecified atom stereocenters. The number of carbonyl (C=O) groups excluding carboxylic acids is 1. The Hall–Kier alpha value is -2.81. The molecule has 0 bridgehead atoms. The second-order valence-corrected chi connectivity index (χ2v) is 4.50. The van der Waals surface area contributed by atoms with E-state index in [2.05, 4.69) is 6.07 Å². The predicted molar refractivity (Wildman–Crippen MR) is 79.0 cm³/mol. The van der Waals surface area contributed by atoms with Crippen LogP contribution in [0, 0.1) is 0 Å². The molecule has 0 heterocycles. The van der Waals surface area contributed by atoms with Gasteiger partial charge in [-0.3, -0.25) is 4.79 Å². The van der Waals surface area contributed by atoms with Crippen LogP contribution >= 0.6 is 0 Å². The van der Waals surface area contributed by atoms with Gasteiger partial charge in [0.05, 0.1) is 0 Å². The van der Waals surface area contributed by atoms with E-state index in [0.29, 0.717) is 11.3 Å². The Morgan fingerprint density at radius 1 is 0.800 bits per heavy atom. The van der Waals surface area contributed by atoms with E-state index in [1.807, 2.05) is 36.4 Å². The minimum atomic E-state index is -0.442. The van der Waals surface area contributed by atoms with Crippen molar-refractivity contribution in [3.63, 3.8) is 0 Å². The highest BCUT2D eigenvalue weighted by atomic mass is 16.5. The number of amides is 1. The van der Waals surface area contributed by atoms with Crippen molar-refractivity contribution in [1.29, 1.82) is 0 Å². The molecule has 3 heteroatoms. The lowest BCUT2D eigenvalue weighted by Gasteiger charge is -2.07. The van der Waals surface area contributed by atoms with Gasteiger partial charge in [0, 0.05) is 5.56 Å². The highest BCUT2D eigenvalue weighted by Gasteiger charge is 2.02. The van der Waals surface area contributed by atoms with Crippen LogP contribution in [0.4, 0.5) is 0 Å². The van der Waals surface area contributed by atoms with Crippen LogP contribution in [0.15, 0.2) is 66.7 Å². The Morgan fingerprint density at radius 3 is 2.15 bits per heavy atom. The summed E-state index contributed by atoms with van der Waals surface area (Å²) in [5.41, 5.74) is 5.67. The van der Waals surface area contributed by atoms with Crippen LogP contribution in [0.2, 0.25) is 0 Å². The van der Waals surface area contributed by atoms with Gasteiger partial charge in [-0.2, -0.15) is 0 Å². The molecule has 3 nitrogen and oxygen atoms in total. The zero-order valence-electron chi connectivity index (χ0n) is 10.7. The molecule has 0 radical (unpaired) electrons. The summed E-state index contributed by atoms with van der Waals surface area (Å²) in [5, 5.41) is 2.29. The van der Waals surface area contributed by atoms with Crippen LogP contribution in [-0.4, -0.2) is 5.91 Å². The monoisotopic (exact) mass is 263 g/mol. The van der Waals surface area contributed by atoms with Gasteiger partial charge in [0.1, 0.15) is 11.5 Å². The largest absolute Gasteiger partial charge is 0.457 e. The third-order valence-corrected chi connectivity index (χ3v) is 3.10. The van der Waals surface area contributed by atoms with Crippen molar-refractivity contribution in [1.82, 2.24) is 0 Å². The summed E-state index contributed by atoms with van der Waals surface area (Å²) in [4.78, 5) is 11.0. The molecule has 3 rings (SSSR count). The Labute approximate surface area is 116 Å². The molecule has 0 atom stereocenters. The van der Waals surface area contributed by atoms with Gasteiger partial charge >= 0.3 is 0 Å². The highest BCUT2D eigenvalue weighted by molar-refractivity contribution is 5.92. The second-order valence-electron chi connectivity index (χ2n) is 4.50. The first-order chi connectivity index (χ1) is 9.72. The standard InChI is InChI=1S/C17H13NO2/c18-17(19)13-6-8-15(9-7-13)20-16-10-5-12-3-1-2-4-14(12)11-16/h1-11H,(H2,18,19). The van der Waals surface area contributed by atoms with Crippen LogP contribution < -0.4 is 10.5 Å². The summed E-state index contributed by atoms with van der Waals surface area (Å²) >= 11 is 0. The molecule has 0 spiro atoms. The average molecular weight is 263 g/mol. The van der Waals surface area contributed by atoms with Gasteiger partial charge in [0.25, 0.3) is 0 Å². The molecule has 98 valence electrons. The Kier molecular flexibility index (Phi) is 3.09. The number of nitrogens with two attached hydrogens (primary N) is 1. The Balaban J connectivity index is 1.87. The van der Waals surface area contributed by atoms with Gasteiger partial charge in [0.2, 0.25) is 5.91 Å². The van der Waals surface area contributed by atoms with Gasteiger partial charge in [-0.05, 0) is 47.2 Å². The molecular weight excluding hydrogens is 250 g/mol. The maximum Gasteiger partial charge on any atom is 0.248 e. The fourth-order valence-electron chi connectivity index (χ4n) is 2.05. The Bertz CT molecular complexity index is 763. The molecule has 0 aromatic heterocycles. The molecule has 0 aliphatic carbocycles. The number of hydrogen-bond acceptors (Lipinski definition) is 2. The number of benzene rings is 3. The van der Waals surface area contributed by atoms with Crippen molar-refractivity contribution in [2.75, 3.05) is 0 Å². The molecule has 0 saturated heterocycles.